The highest BCUT2D eigenvalue weighted by molar-refractivity contribution is 5.92. The molecule has 1 saturated carbocycles. The minimum Gasteiger partial charge on any atom is -0.432 e. The molecule has 21 heavy (non-hydrogen) atoms. The maximum absolute atomic E-state index is 13.0. The van der Waals surface area contributed by atoms with Gasteiger partial charge in [-0.25, -0.2) is 4.39 Å². The first kappa shape index (κ1) is 15.6. The fourth-order valence-electron chi connectivity index (χ4n) is 2.50. The summed E-state index contributed by atoms with van der Waals surface area (Å²) < 4.78 is 41.7. The molecule has 1 aromatic rings. The number of hydrogen-bond donors (Lipinski definition) is 2. The van der Waals surface area contributed by atoms with Gasteiger partial charge in [-0.3, -0.25) is 4.79 Å². The first-order valence-electron chi connectivity index (χ1n) is 6.65. The number of alkyl halides is 2. The number of carbonyl (C=O) groups is 1. The Morgan fingerprint density at radius 2 is 2.05 bits per heavy atom. The van der Waals surface area contributed by atoms with Crippen LogP contribution in [0.4, 0.5) is 18.9 Å². The Labute approximate surface area is 119 Å². The summed E-state index contributed by atoms with van der Waals surface area (Å²) in [6.45, 7) is -3.12. The molecule has 1 aliphatic carbocycles. The van der Waals surface area contributed by atoms with Crippen LogP contribution in [-0.2, 0) is 4.79 Å². The molecule has 1 aromatic carbocycles. The monoisotopic (exact) mass is 303 g/mol. The van der Waals surface area contributed by atoms with E-state index in [1.165, 1.54) is 0 Å². The number of carbonyl (C=O) groups excluding carboxylic acids is 1. The Kier molecular flexibility index (Phi) is 4.72. The van der Waals surface area contributed by atoms with Gasteiger partial charge in [-0.1, -0.05) is 12.8 Å². The maximum Gasteiger partial charge on any atom is 0.387 e. The molecular formula is C14H16F3NO3. The molecule has 0 heterocycles. The summed E-state index contributed by atoms with van der Waals surface area (Å²) >= 11 is 0. The molecule has 116 valence electrons. The van der Waals surface area contributed by atoms with Gasteiger partial charge in [0.25, 0.3) is 0 Å². The van der Waals surface area contributed by atoms with Crippen LogP contribution in [0.5, 0.6) is 5.75 Å². The van der Waals surface area contributed by atoms with E-state index in [4.69, 9.17) is 0 Å². The molecule has 7 heteroatoms. The van der Waals surface area contributed by atoms with Gasteiger partial charge in [0.15, 0.2) is 5.75 Å². The lowest BCUT2D eigenvalue weighted by Gasteiger charge is -2.21. The van der Waals surface area contributed by atoms with Crippen LogP contribution in [0.2, 0.25) is 0 Å². The van der Waals surface area contributed by atoms with Crippen molar-refractivity contribution < 1.29 is 27.8 Å². The molecule has 1 amide bonds. The standard InChI is InChI=1S/C14H16F3NO3/c15-9-3-4-10(11(7-9)21-13(16)17)18-12(19)8-14(20)5-1-2-6-14/h3-4,7,13,20H,1-2,5-6,8H2,(H,18,19). The van der Waals surface area contributed by atoms with Gasteiger partial charge in [-0.15, -0.1) is 0 Å². The quantitative estimate of drug-likeness (QED) is 0.879. The van der Waals surface area contributed by atoms with E-state index in [0.717, 1.165) is 31.0 Å². The second-order valence-corrected chi connectivity index (χ2v) is 5.18. The zero-order valence-corrected chi connectivity index (χ0v) is 11.2. The third-order valence-electron chi connectivity index (χ3n) is 3.46. The molecule has 1 fully saturated rings. The van der Waals surface area contributed by atoms with E-state index < -0.39 is 29.7 Å². The normalized spacial score (nSPS) is 17.0. The zero-order valence-electron chi connectivity index (χ0n) is 11.2. The van der Waals surface area contributed by atoms with Crippen molar-refractivity contribution in [3.05, 3.63) is 24.0 Å². The molecule has 0 aromatic heterocycles. The molecule has 1 aliphatic rings. The second kappa shape index (κ2) is 6.34. The van der Waals surface area contributed by atoms with Crippen molar-refractivity contribution in [2.75, 3.05) is 5.32 Å². The van der Waals surface area contributed by atoms with Crippen LogP contribution < -0.4 is 10.1 Å². The Bertz CT molecular complexity index is 516. The van der Waals surface area contributed by atoms with Gasteiger partial charge < -0.3 is 15.2 Å². The summed E-state index contributed by atoms with van der Waals surface area (Å²) in [6.07, 6.45) is 2.63. The topological polar surface area (TPSA) is 58.6 Å². The molecule has 0 aliphatic heterocycles. The number of nitrogens with one attached hydrogen (secondary N) is 1. The molecule has 0 atom stereocenters. The van der Waals surface area contributed by atoms with E-state index in [9.17, 15) is 23.1 Å². The Hall–Kier alpha value is -1.76. The highest BCUT2D eigenvalue weighted by Crippen LogP contribution is 2.33. The summed E-state index contributed by atoms with van der Waals surface area (Å²) in [6, 6.07) is 2.94. The average Bonchev–Trinajstić information content (AvgIpc) is 2.78. The van der Waals surface area contributed by atoms with Gasteiger partial charge in [0.05, 0.1) is 17.7 Å². The third-order valence-corrected chi connectivity index (χ3v) is 3.46. The van der Waals surface area contributed by atoms with E-state index in [2.05, 4.69) is 10.1 Å². The summed E-state index contributed by atoms with van der Waals surface area (Å²) in [4.78, 5) is 11.9. The predicted octanol–water partition coefficient (Wildman–Crippen LogP) is 3.06. The number of halogens is 3. The molecule has 2 N–H and O–H groups in total. The van der Waals surface area contributed by atoms with E-state index in [1.807, 2.05) is 0 Å². The second-order valence-electron chi connectivity index (χ2n) is 5.18. The van der Waals surface area contributed by atoms with Crippen LogP contribution in [0.25, 0.3) is 0 Å². The summed E-state index contributed by atoms with van der Waals surface area (Å²) in [7, 11) is 0. The summed E-state index contributed by atoms with van der Waals surface area (Å²) in [5.41, 5.74) is -1.10. The average molecular weight is 303 g/mol. The molecule has 0 radical (unpaired) electrons. The fraction of sp³-hybridized carbons (Fsp3) is 0.500. The van der Waals surface area contributed by atoms with Crippen molar-refractivity contribution in [2.45, 2.75) is 44.3 Å². The van der Waals surface area contributed by atoms with Crippen LogP contribution in [0, 0.1) is 5.82 Å². The van der Waals surface area contributed by atoms with Gasteiger partial charge in [-0.2, -0.15) is 8.78 Å². The van der Waals surface area contributed by atoms with Gasteiger partial charge in [0, 0.05) is 6.07 Å². The zero-order chi connectivity index (χ0) is 15.5. The van der Waals surface area contributed by atoms with Gasteiger partial charge in [0.1, 0.15) is 5.82 Å². The van der Waals surface area contributed by atoms with E-state index in [1.54, 1.807) is 0 Å². The van der Waals surface area contributed by atoms with Crippen molar-refractivity contribution in [3.8, 4) is 5.75 Å². The van der Waals surface area contributed by atoms with Crippen LogP contribution >= 0.6 is 0 Å². The highest BCUT2D eigenvalue weighted by atomic mass is 19.3. The number of aliphatic hydroxyl groups is 1. The number of rotatable bonds is 5. The minimum absolute atomic E-state index is 0.0525. The van der Waals surface area contributed by atoms with Gasteiger partial charge in [-0.05, 0) is 25.0 Å². The molecule has 0 saturated heterocycles. The highest BCUT2D eigenvalue weighted by Gasteiger charge is 2.33. The third kappa shape index (κ3) is 4.35. The number of ether oxygens (including phenoxy) is 1. The first-order valence-corrected chi connectivity index (χ1v) is 6.65. The number of benzene rings is 1. The van der Waals surface area contributed by atoms with E-state index in [0.29, 0.717) is 12.8 Å². The lowest BCUT2D eigenvalue weighted by Crippen LogP contribution is -2.30. The van der Waals surface area contributed by atoms with Crippen LogP contribution in [0.15, 0.2) is 18.2 Å². The first-order chi connectivity index (χ1) is 9.88. The van der Waals surface area contributed by atoms with Crippen LogP contribution in [0.3, 0.4) is 0 Å². The number of amides is 1. The molecular weight excluding hydrogens is 287 g/mol. The van der Waals surface area contributed by atoms with Crippen molar-refractivity contribution in [1.29, 1.82) is 0 Å². The van der Waals surface area contributed by atoms with Crippen LogP contribution in [-0.4, -0.2) is 23.2 Å². The maximum atomic E-state index is 13.0. The molecule has 4 nitrogen and oxygen atoms in total. The minimum atomic E-state index is -3.12. The van der Waals surface area contributed by atoms with Crippen molar-refractivity contribution in [1.82, 2.24) is 0 Å². The molecule has 0 bridgehead atoms. The van der Waals surface area contributed by atoms with Crippen molar-refractivity contribution in [3.63, 3.8) is 0 Å². The molecule has 2 rings (SSSR count). The lowest BCUT2D eigenvalue weighted by molar-refractivity contribution is -0.120. The lowest BCUT2D eigenvalue weighted by atomic mass is 9.97. The van der Waals surface area contributed by atoms with Gasteiger partial charge in [0.2, 0.25) is 5.91 Å². The van der Waals surface area contributed by atoms with E-state index >= 15 is 0 Å². The van der Waals surface area contributed by atoms with Crippen molar-refractivity contribution in [2.24, 2.45) is 0 Å². The largest absolute Gasteiger partial charge is 0.432 e. The SMILES string of the molecule is O=C(CC1(O)CCCC1)Nc1ccc(F)cc1OC(F)F. The summed E-state index contributed by atoms with van der Waals surface area (Å²) in [5, 5.41) is 12.5. The fourth-order valence-corrected chi connectivity index (χ4v) is 2.50. The molecule has 0 spiro atoms. The Balaban J connectivity index is 2.06. The van der Waals surface area contributed by atoms with E-state index in [-0.39, 0.29) is 12.1 Å². The molecule has 0 unspecified atom stereocenters. The van der Waals surface area contributed by atoms with Crippen LogP contribution in [0.1, 0.15) is 32.1 Å². The number of hydrogen-bond acceptors (Lipinski definition) is 3. The summed E-state index contributed by atoms with van der Waals surface area (Å²) in [5.74, 6) is -1.72. The van der Waals surface area contributed by atoms with Gasteiger partial charge >= 0.3 is 6.61 Å². The number of anilines is 1. The van der Waals surface area contributed by atoms with Crippen molar-refractivity contribution >= 4 is 11.6 Å². The Morgan fingerprint density at radius 1 is 1.38 bits per heavy atom. The predicted molar refractivity (Wildman–Crippen MR) is 69.7 cm³/mol. The Morgan fingerprint density at radius 3 is 2.67 bits per heavy atom. The smallest absolute Gasteiger partial charge is 0.387 e.